The van der Waals surface area contributed by atoms with E-state index in [1.165, 1.54) is 0 Å². The molecule has 1 heterocycles. The van der Waals surface area contributed by atoms with Crippen LogP contribution in [0.2, 0.25) is 0 Å². The molecule has 0 spiro atoms. The van der Waals surface area contributed by atoms with Crippen LogP contribution in [-0.2, 0) is 11.4 Å². The first-order valence-electron chi connectivity index (χ1n) is 12.0. The van der Waals surface area contributed by atoms with Crippen molar-refractivity contribution in [1.82, 2.24) is 10.2 Å². The topological polar surface area (TPSA) is 114 Å². The molecule has 1 aliphatic rings. The van der Waals surface area contributed by atoms with Gasteiger partial charge >= 0.3 is 0 Å². The van der Waals surface area contributed by atoms with Crippen molar-refractivity contribution >= 4 is 23.4 Å². The number of piperidine rings is 1. The van der Waals surface area contributed by atoms with E-state index < -0.39 is 5.91 Å². The highest BCUT2D eigenvalue weighted by Gasteiger charge is 2.22. The fourth-order valence-corrected chi connectivity index (χ4v) is 4.19. The van der Waals surface area contributed by atoms with Crippen LogP contribution in [-0.4, -0.2) is 48.3 Å². The number of carbonyl (C=O) groups is 3. The first-order valence-corrected chi connectivity index (χ1v) is 12.0. The number of likely N-dealkylation sites (tertiary alicyclic amines) is 1. The molecule has 8 nitrogen and oxygen atoms in total. The fraction of sp³-hybridized carbons (Fsp3) is 0.250. The van der Waals surface area contributed by atoms with Crippen molar-refractivity contribution in [3.05, 3.63) is 95.6 Å². The van der Waals surface area contributed by atoms with Crippen LogP contribution in [0.3, 0.4) is 0 Å². The van der Waals surface area contributed by atoms with Crippen molar-refractivity contribution < 1.29 is 19.1 Å². The summed E-state index contributed by atoms with van der Waals surface area (Å²) in [6.07, 6.45) is 1.55. The summed E-state index contributed by atoms with van der Waals surface area (Å²) in [4.78, 5) is 38.8. The number of primary amides is 1. The number of para-hydroxylation sites is 2. The van der Waals surface area contributed by atoms with Gasteiger partial charge in [0.05, 0.1) is 12.1 Å². The van der Waals surface area contributed by atoms with E-state index in [-0.39, 0.29) is 24.5 Å². The standard InChI is InChI=1S/C28H30N4O4/c29-27(34)24-11-4-5-12-25(24)36-19-20-7-6-8-21(17-20)28(35)31-23-13-15-32(16-14-23)18-26(33)30-22-9-2-1-3-10-22/h1-12,17,23H,13-16,18-19H2,(H2,29,34)(H,30,33)(H,31,35). The van der Waals surface area contributed by atoms with E-state index in [4.69, 9.17) is 10.5 Å². The van der Waals surface area contributed by atoms with E-state index in [0.717, 1.165) is 37.2 Å². The minimum atomic E-state index is -0.554. The maximum atomic E-state index is 12.9. The Morgan fingerprint density at radius 1 is 0.917 bits per heavy atom. The molecule has 0 unspecified atom stereocenters. The molecule has 4 rings (SSSR count). The number of nitrogens with two attached hydrogens (primary N) is 1. The summed E-state index contributed by atoms with van der Waals surface area (Å²) in [5.41, 5.74) is 7.86. The second-order valence-electron chi connectivity index (χ2n) is 8.79. The normalized spacial score (nSPS) is 14.1. The minimum absolute atomic E-state index is 0.0406. The highest BCUT2D eigenvalue weighted by Crippen LogP contribution is 2.19. The molecule has 0 saturated carbocycles. The van der Waals surface area contributed by atoms with E-state index in [0.29, 0.717) is 23.4 Å². The molecule has 0 aromatic heterocycles. The van der Waals surface area contributed by atoms with Gasteiger partial charge in [-0.1, -0.05) is 42.5 Å². The average Bonchev–Trinajstić information content (AvgIpc) is 2.89. The Balaban J connectivity index is 1.24. The zero-order valence-electron chi connectivity index (χ0n) is 20.0. The smallest absolute Gasteiger partial charge is 0.252 e. The SMILES string of the molecule is NC(=O)c1ccccc1OCc1cccc(C(=O)NC2CCN(CC(=O)Nc3ccccc3)CC2)c1. The predicted molar refractivity (Wildman–Crippen MR) is 138 cm³/mol. The lowest BCUT2D eigenvalue weighted by Gasteiger charge is -2.31. The Hall–Kier alpha value is -4.17. The molecule has 3 amide bonds. The lowest BCUT2D eigenvalue weighted by molar-refractivity contribution is -0.117. The van der Waals surface area contributed by atoms with Crippen LogP contribution in [0.1, 0.15) is 39.1 Å². The molecule has 0 radical (unpaired) electrons. The highest BCUT2D eigenvalue weighted by atomic mass is 16.5. The number of nitrogens with one attached hydrogen (secondary N) is 2. The summed E-state index contributed by atoms with van der Waals surface area (Å²) >= 11 is 0. The first-order chi connectivity index (χ1) is 17.5. The van der Waals surface area contributed by atoms with Crippen LogP contribution in [0.4, 0.5) is 5.69 Å². The molecule has 3 aromatic carbocycles. The summed E-state index contributed by atoms with van der Waals surface area (Å²) in [6, 6.07) is 23.5. The first kappa shape index (κ1) is 24.9. The number of nitrogens with zero attached hydrogens (tertiary/aromatic N) is 1. The molecule has 3 aromatic rings. The summed E-state index contributed by atoms with van der Waals surface area (Å²) in [7, 11) is 0. The van der Waals surface area contributed by atoms with Crippen molar-refractivity contribution in [3.8, 4) is 5.75 Å². The lowest BCUT2D eigenvalue weighted by Crippen LogP contribution is -2.46. The van der Waals surface area contributed by atoms with Gasteiger partial charge in [-0.25, -0.2) is 0 Å². The van der Waals surface area contributed by atoms with E-state index in [1.807, 2.05) is 42.5 Å². The van der Waals surface area contributed by atoms with E-state index in [9.17, 15) is 14.4 Å². The number of carbonyl (C=O) groups excluding carboxylic acids is 3. The van der Waals surface area contributed by atoms with Crippen molar-refractivity contribution in [2.45, 2.75) is 25.5 Å². The predicted octanol–water partition coefficient (Wildman–Crippen LogP) is 3.20. The van der Waals surface area contributed by atoms with Gasteiger partial charge in [0.25, 0.3) is 11.8 Å². The van der Waals surface area contributed by atoms with Crippen LogP contribution < -0.4 is 21.1 Å². The Bertz CT molecular complexity index is 1210. The summed E-state index contributed by atoms with van der Waals surface area (Å²) in [5, 5.41) is 6.01. The molecular formula is C28H30N4O4. The molecule has 0 aliphatic carbocycles. The van der Waals surface area contributed by atoms with E-state index in [1.54, 1.807) is 36.4 Å². The number of amides is 3. The van der Waals surface area contributed by atoms with Gasteiger partial charge in [-0.15, -0.1) is 0 Å². The van der Waals surface area contributed by atoms with E-state index >= 15 is 0 Å². The van der Waals surface area contributed by atoms with Gasteiger partial charge in [-0.3, -0.25) is 19.3 Å². The van der Waals surface area contributed by atoms with Gasteiger partial charge < -0.3 is 21.1 Å². The summed E-state index contributed by atoms with van der Waals surface area (Å²) < 4.78 is 5.78. The minimum Gasteiger partial charge on any atom is -0.488 e. The van der Waals surface area contributed by atoms with Crippen molar-refractivity contribution in [2.75, 3.05) is 25.0 Å². The summed E-state index contributed by atoms with van der Waals surface area (Å²) in [6.45, 7) is 2.01. The average molecular weight is 487 g/mol. The van der Waals surface area contributed by atoms with E-state index in [2.05, 4.69) is 15.5 Å². The van der Waals surface area contributed by atoms with Gasteiger partial charge in [-0.2, -0.15) is 0 Å². The van der Waals surface area contributed by atoms with Crippen LogP contribution in [0.25, 0.3) is 0 Å². The van der Waals surface area contributed by atoms with Crippen molar-refractivity contribution in [3.63, 3.8) is 0 Å². The lowest BCUT2D eigenvalue weighted by atomic mass is 10.0. The monoisotopic (exact) mass is 486 g/mol. The molecule has 4 N–H and O–H groups in total. The van der Waals surface area contributed by atoms with Gasteiger partial charge in [-0.05, 0) is 54.8 Å². The third-order valence-corrected chi connectivity index (χ3v) is 6.08. The van der Waals surface area contributed by atoms with Gasteiger partial charge in [0.1, 0.15) is 12.4 Å². The number of benzene rings is 3. The molecular weight excluding hydrogens is 456 g/mol. The second-order valence-corrected chi connectivity index (χ2v) is 8.79. The Labute approximate surface area is 210 Å². The second kappa shape index (κ2) is 12.0. The maximum Gasteiger partial charge on any atom is 0.252 e. The zero-order chi connectivity index (χ0) is 25.3. The molecule has 36 heavy (non-hydrogen) atoms. The Morgan fingerprint density at radius 2 is 1.64 bits per heavy atom. The van der Waals surface area contributed by atoms with Crippen LogP contribution in [0.15, 0.2) is 78.9 Å². The largest absolute Gasteiger partial charge is 0.488 e. The fourth-order valence-electron chi connectivity index (χ4n) is 4.19. The Morgan fingerprint density at radius 3 is 2.39 bits per heavy atom. The number of hydrogen-bond donors (Lipinski definition) is 3. The summed E-state index contributed by atoms with van der Waals surface area (Å²) in [5.74, 6) is -0.332. The molecule has 186 valence electrons. The third kappa shape index (κ3) is 6.93. The molecule has 1 aliphatic heterocycles. The van der Waals surface area contributed by atoms with Gasteiger partial charge in [0.2, 0.25) is 5.91 Å². The van der Waals surface area contributed by atoms with Crippen molar-refractivity contribution in [1.29, 1.82) is 0 Å². The Kier molecular flexibility index (Phi) is 8.31. The van der Waals surface area contributed by atoms with Gasteiger partial charge in [0, 0.05) is 30.4 Å². The van der Waals surface area contributed by atoms with Crippen LogP contribution in [0.5, 0.6) is 5.75 Å². The third-order valence-electron chi connectivity index (χ3n) is 6.08. The number of ether oxygens (including phenoxy) is 1. The maximum absolute atomic E-state index is 12.9. The molecule has 0 bridgehead atoms. The zero-order valence-corrected chi connectivity index (χ0v) is 20.0. The highest BCUT2D eigenvalue weighted by molar-refractivity contribution is 5.96. The number of hydrogen-bond acceptors (Lipinski definition) is 5. The van der Waals surface area contributed by atoms with Crippen molar-refractivity contribution in [2.24, 2.45) is 5.73 Å². The molecule has 1 fully saturated rings. The quantitative estimate of drug-likeness (QED) is 0.430. The molecule has 8 heteroatoms. The molecule has 0 atom stereocenters. The number of anilines is 1. The van der Waals surface area contributed by atoms with Crippen LogP contribution >= 0.6 is 0 Å². The molecule has 1 saturated heterocycles. The number of rotatable bonds is 9. The van der Waals surface area contributed by atoms with Gasteiger partial charge in [0.15, 0.2) is 0 Å². The van der Waals surface area contributed by atoms with Crippen LogP contribution in [0, 0.1) is 0 Å².